The first-order valence-electron chi connectivity index (χ1n) is 7.36. The number of non-ortho nitro benzene ring substituents is 1. The fraction of sp³-hybridized carbons (Fsp3) is 0.250. The van der Waals surface area contributed by atoms with E-state index in [1.54, 1.807) is 20.8 Å². The van der Waals surface area contributed by atoms with Crippen LogP contribution in [-0.2, 0) is 4.74 Å². The number of nitrogens with one attached hydrogen (secondary N) is 1. The third kappa shape index (κ3) is 4.13. The molecule has 3 N–H and O–H groups in total. The van der Waals surface area contributed by atoms with Gasteiger partial charge in [-0.2, -0.15) is 0 Å². The lowest BCUT2D eigenvalue weighted by Gasteiger charge is -2.08. The molecule has 132 valence electrons. The highest BCUT2D eigenvalue weighted by molar-refractivity contribution is 7.18. The number of rotatable bonds is 5. The summed E-state index contributed by atoms with van der Waals surface area (Å²) in [5.74, 6) is -1.09. The van der Waals surface area contributed by atoms with E-state index in [9.17, 15) is 19.7 Å². The number of anilines is 2. The minimum Gasteiger partial charge on any atom is -0.459 e. The molecule has 0 atom stereocenters. The molecular formula is C16H17N3O5S. The number of esters is 1. The zero-order valence-corrected chi connectivity index (χ0v) is 14.7. The van der Waals surface area contributed by atoms with Gasteiger partial charge in [0.05, 0.1) is 21.5 Å². The molecule has 1 heterocycles. The summed E-state index contributed by atoms with van der Waals surface area (Å²) in [4.78, 5) is 35.1. The van der Waals surface area contributed by atoms with E-state index in [-0.39, 0.29) is 32.9 Å². The highest BCUT2D eigenvalue weighted by atomic mass is 32.1. The number of nitro groups is 1. The lowest BCUT2D eigenvalue weighted by molar-refractivity contribution is -0.384. The maximum Gasteiger partial charge on any atom is 0.341 e. The first-order chi connectivity index (χ1) is 11.7. The Morgan fingerprint density at radius 2 is 2.04 bits per heavy atom. The molecule has 0 aliphatic carbocycles. The van der Waals surface area contributed by atoms with Gasteiger partial charge in [-0.25, -0.2) is 4.79 Å². The molecule has 0 aliphatic heterocycles. The summed E-state index contributed by atoms with van der Waals surface area (Å²) >= 11 is 0.965. The molecule has 1 aromatic heterocycles. The Labute approximate surface area is 147 Å². The number of amides is 1. The fourth-order valence-corrected chi connectivity index (χ4v) is 3.12. The van der Waals surface area contributed by atoms with Gasteiger partial charge in [0.1, 0.15) is 5.00 Å². The van der Waals surface area contributed by atoms with Crippen LogP contribution in [0, 0.1) is 17.0 Å². The molecule has 9 heteroatoms. The summed E-state index contributed by atoms with van der Waals surface area (Å²) in [5, 5.41) is 13.6. The monoisotopic (exact) mass is 363 g/mol. The van der Waals surface area contributed by atoms with E-state index in [1.807, 2.05) is 0 Å². The lowest BCUT2D eigenvalue weighted by Crippen LogP contribution is -2.15. The Morgan fingerprint density at radius 3 is 2.64 bits per heavy atom. The minimum atomic E-state index is -0.587. The van der Waals surface area contributed by atoms with Gasteiger partial charge in [-0.1, -0.05) is 6.07 Å². The van der Waals surface area contributed by atoms with Crippen molar-refractivity contribution in [2.45, 2.75) is 26.9 Å². The standard InChI is InChI=1S/C16H17N3O5S/c1-8(2)24-16(21)12-9(3)13(25-14(12)17)15(20)18-10-5-4-6-11(7-10)19(22)23/h4-8H,17H2,1-3H3,(H,18,20). The molecule has 0 saturated carbocycles. The number of nitro benzene ring substituents is 1. The predicted octanol–water partition coefficient (Wildman–Crippen LogP) is 3.36. The second kappa shape index (κ2) is 7.31. The van der Waals surface area contributed by atoms with Gasteiger partial charge in [-0.15, -0.1) is 11.3 Å². The summed E-state index contributed by atoms with van der Waals surface area (Å²) in [6.07, 6.45) is -0.312. The summed E-state index contributed by atoms with van der Waals surface area (Å²) in [6.45, 7) is 5.03. The van der Waals surface area contributed by atoms with E-state index in [0.717, 1.165) is 11.3 Å². The maximum atomic E-state index is 12.4. The van der Waals surface area contributed by atoms with Gasteiger partial charge >= 0.3 is 5.97 Å². The van der Waals surface area contributed by atoms with Crippen LogP contribution in [0.5, 0.6) is 0 Å². The van der Waals surface area contributed by atoms with E-state index in [2.05, 4.69) is 5.32 Å². The fourth-order valence-electron chi connectivity index (χ4n) is 2.16. The van der Waals surface area contributed by atoms with Gasteiger partial charge < -0.3 is 15.8 Å². The first-order valence-corrected chi connectivity index (χ1v) is 8.18. The number of nitrogens with two attached hydrogens (primary N) is 1. The van der Waals surface area contributed by atoms with E-state index in [1.165, 1.54) is 24.3 Å². The number of nitrogens with zero attached hydrogens (tertiary/aromatic N) is 1. The van der Waals surface area contributed by atoms with Crippen LogP contribution >= 0.6 is 11.3 Å². The lowest BCUT2D eigenvalue weighted by atomic mass is 10.1. The Kier molecular flexibility index (Phi) is 5.38. The molecule has 0 radical (unpaired) electrons. The molecule has 0 saturated heterocycles. The minimum absolute atomic E-state index is 0.138. The predicted molar refractivity (Wildman–Crippen MR) is 95.1 cm³/mol. The molecule has 2 rings (SSSR count). The highest BCUT2D eigenvalue weighted by Crippen LogP contribution is 2.32. The zero-order chi connectivity index (χ0) is 18.7. The average molecular weight is 363 g/mol. The van der Waals surface area contributed by atoms with Gasteiger partial charge in [-0.05, 0) is 32.4 Å². The summed E-state index contributed by atoms with van der Waals surface area (Å²) in [7, 11) is 0. The van der Waals surface area contributed by atoms with Crippen LogP contribution in [0.25, 0.3) is 0 Å². The van der Waals surface area contributed by atoms with Crippen molar-refractivity contribution in [2.24, 2.45) is 0 Å². The van der Waals surface area contributed by atoms with Gasteiger partial charge in [-0.3, -0.25) is 14.9 Å². The van der Waals surface area contributed by atoms with Crippen LogP contribution in [-0.4, -0.2) is 22.9 Å². The van der Waals surface area contributed by atoms with Gasteiger partial charge in [0.2, 0.25) is 0 Å². The van der Waals surface area contributed by atoms with Crippen LogP contribution in [0.15, 0.2) is 24.3 Å². The molecule has 25 heavy (non-hydrogen) atoms. The third-order valence-corrected chi connectivity index (χ3v) is 4.36. The van der Waals surface area contributed by atoms with Crippen LogP contribution in [0.2, 0.25) is 0 Å². The quantitative estimate of drug-likeness (QED) is 0.477. The molecule has 8 nitrogen and oxygen atoms in total. The normalized spacial score (nSPS) is 10.6. The Hall–Kier alpha value is -2.94. The van der Waals surface area contributed by atoms with Crippen LogP contribution in [0.4, 0.5) is 16.4 Å². The smallest absolute Gasteiger partial charge is 0.341 e. The van der Waals surface area contributed by atoms with E-state index < -0.39 is 16.8 Å². The molecule has 0 fully saturated rings. The number of hydrogen-bond donors (Lipinski definition) is 2. The molecule has 1 amide bonds. The van der Waals surface area contributed by atoms with Crippen molar-refractivity contribution in [3.05, 3.63) is 50.4 Å². The van der Waals surface area contributed by atoms with Gasteiger partial charge in [0.15, 0.2) is 0 Å². The van der Waals surface area contributed by atoms with E-state index in [4.69, 9.17) is 10.5 Å². The maximum absolute atomic E-state index is 12.4. The van der Waals surface area contributed by atoms with Crippen LogP contribution < -0.4 is 11.1 Å². The van der Waals surface area contributed by atoms with Crippen LogP contribution in [0.3, 0.4) is 0 Å². The number of carbonyl (C=O) groups excluding carboxylic acids is 2. The first kappa shape index (κ1) is 18.4. The van der Waals surface area contributed by atoms with Crippen molar-refractivity contribution in [2.75, 3.05) is 11.1 Å². The molecule has 0 unspecified atom stereocenters. The van der Waals surface area contributed by atoms with Crippen LogP contribution in [0.1, 0.15) is 39.4 Å². The average Bonchev–Trinajstić information content (AvgIpc) is 2.81. The van der Waals surface area contributed by atoms with Crippen molar-refractivity contribution in [1.29, 1.82) is 0 Å². The largest absolute Gasteiger partial charge is 0.459 e. The van der Waals surface area contributed by atoms with Gasteiger partial charge in [0, 0.05) is 17.8 Å². The highest BCUT2D eigenvalue weighted by Gasteiger charge is 2.25. The number of thiophene rings is 1. The number of nitrogen functional groups attached to an aromatic ring is 1. The molecule has 0 bridgehead atoms. The second-order valence-corrected chi connectivity index (χ2v) is 6.56. The number of carbonyl (C=O) groups is 2. The topological polar surface area (TPSA) is 125 Å². The molecule has 2 aromatic rings. The van der Waals surface area contributed by atoms with Crippen molar-refractivity contribution in [3.63, 3.8) is 0 Å². The third-order valence-electron chi connectivity index (χ3n) is 3.24. The molecule has 0 aliphatic rings. The number of benzene rings is 1. The van der Waals surface area contributed by atoms with Crippen molar-refractivity contribution >= 4 is 39.6 Å². The van der Waals surface area contributed by atoms with Gasteiger partial charge in [0.25, 0.3) is 11.6 Å². The Bertz CT molecular complexity index is 844. The van der Waals surface area contributed by atoms with E-state index in [0.29, 0.717) is 5.56 Å². The molecule has 0 spiro atoms. The Morgan fingerprint density at radius 1 is 1.36 bits per heavy atom. The molecular weight excluding hydrogens is 346 g/mol. The number of ether oxygens (including phenoxy) is 1. The zero-order valence-electron chi connectivity index (χ0n) is 13.9. The second-order valence-electron chi connectivity index (χ2n) is 5.51. The number of hydrogen-bond acceptors (Lipinski definition) is 7. The Balaban J connectivity index is 2.27. The summed E-state index contributed by atoms with van der Waals surface area (Å²) in [6, 6.07) is 5.57. The summed E-state index contributed by atoms with van der Waals surface area (Å²) < 4.78 is 5.13. The van der Waals surface area contributed by atoms with E-state index >= 15 is 0 Å². The SMILES string of the molecule is Cc1c(C(=O)Nc2cccc([N+](=O)[O-])c2)sc(N)c1C(=O)OC(C)C. The van der Waals surface area contributed by atoms with Crippen molar-refractivity contribution < 1.29 is 19.2 Å². The summed E-state index contributed by atoms with van der Waals surface area (Å²) in [5.41, 5.74) is 6.58. The van der Waals surface area contributed by atoms with Crippen molar-refractivity contribution in [3.8, 4) is 0 Å². The van der Waals surface area contributed by atoms with Crippen molar-refractivity contribution in [1.82, 2.24) is 0 Å². The molecule has 1 aromatic carbocycles.